The summed E-state index contributed by atoms with van der Waals surface area (Å²) in [5.41, 5.74) is 0.321. The molecule has 1 aliphatic carbocycles. The third kappa shape index (κ3) is 5.21. The molecule has 19 heavy (non-hydrogen) atoms. The van der Waals surface area contributed by atoms with Crippen LogP contribution >= 0.6 is 0 Å². The highest BCUT2D eigenvalue weighted by molar-refractivity contribution is 5.75. The number of nitrogens with one attached hydrogen (secondary N) is 1. The first-order valence-electron chi connectivity index (χ1n) is 7.19. The van der Waals surface area contributed by atoms with Gasteiger partial charge in [0.2, 0.25) is 5.91 Å². The van der Waals surface area contributed by atoms with Crippen LogP contribution in [0.4, 0.5) is 0 Å². The van der Waals surface area contributed by atoms with Gasteiger partial charge in [0, 0.05) is 13.0 Å². The Hall–Kier alpha value is -1.06. The summed E-state index contributed by atoms with van der Waals surface area (Å²) in [6.07, 6.45) is 4.32. The standard InChI is InChI=1S/C15H27NO3/c1-10(17)16-13(9-14(18)19)11-5-7-12(8-6-11)15(2,3)4/h11-13H,5-9H2,1-4H3,(H,16,17)(H,18,19)/t11?,12?,13-/m1/s1. The van der Waals surface area contributed by atoms with Gasteiger partial charge >= 0.3 is 5.97 Å². The topological polar surface area (TPSA) is 66.4 Å². The van der Waals surface area contributed by atoms with Crippen LogP contribution in [0.5, 0.6) is 0 Å². The minimum Gasteiger partial charge on any atom is -0.481 e. The van der Waals surface area contributed by atoms with Crippen molar-refractivity contribution in [2.45, 2.75) is 65.8 Å². The molecule has 0 aromatic carbocycles. The lowest BCUT2D eigenvalue weighted by Gasteiger charge is -2.39. The minimum absolute atomic E-state index is 0.0322. The van der Waals surface area contributed by atoms with E-state index >= 15 is 0 Å². The lowest BCUT2D eigenvalue weighted by Crippen LogP contribution is -2.42. The van der Waals surface area contributed by atoms with Crippen molar-refractivity contribution in [3.63, 3.8) is 0 Å². The van der Waals surface area contributed by atoms with Crippen molar-refractivity contribution in [1.29, 1.82) is 0 Å². The van der Waals surface area contributed by atoms with E-state index in [1.54, 1.807) is 0 Å². The first-order valence-corrected chi connectivity index (χ1v) is 7.19. The molecule has 0 aliphatic heterocycles. The Bertz CT molecular complexity index is 309. The number of carbonyl (C=O) groups excluding carboxylic acids is 1. The average Bonchev–Trinajstić information content (AvgIpc) is 2.26. The van der Waals surface area contributed by atoms with Gasteiger partial charge in [-0.15, -0.1) is 0 Å². The number of aliphatic carboxylic acids is 1. The van der Waals surface area contributed by atoms with Gasteiger partial charge in [-0.1, -0.05) is 20.8 Å². The number of amides is 1. The molecule has 2 N–H and O–H groups in total. The first-order chi connectivity index (χ1) is 8.70. The number of carboxylic acids is 1. The van der Waals surface area contributed by atoms with Crippen LogP contribution in [0.1, 0.15) is 59.8 Å². The molecule has 1 fully saturated rings. The van der Waals surface area contributed by atoms with Crippen molar-refractivity contribution in [1.82, 2.24) is 5.32 Å². The summed E-state index contributed by atoms with van der Waals surface area (Å²) < 4.78 is 0. The fraction of sp³-hybridized carbons (Fsp3) is 0.867. The zero-order valence-corrected chi connectivity index (χ0v) is 12.5. The molecule has 4 nitrogen and oxygen atoms in total. The van der Waals surface area contributed by atoms with Crippen molar-refractivity contribution in [3.05, 3.63) is 0 Å². The SMILES string of the molecule is CC(=O)N[C@H](CC(=O)O)C1CCC(C(C)(C)C)CC1. The molecule has 0 unspecified atom stereocenters. The van der Waals surface area contributed by atoms with Crippen molar-refractivity contribution in [2.24, 2.45) is 17.3 Å². The Morgan fingerprint density at radius 1 is 1.21 bits per heavy atom. The average molecular weight is 269 g/mol. The van der Waals surface area contributed by atoms with Gasteiger partial charge in [0.25, 0.3) is 0 Å². The van der Waals surface area contributed by atoms with Crippen LogP contribution in [-0.2, 0) is 9.59 Å². The van der Waals surface area contributed by atoms with E-state index in [9.17, 15) is 9.59 Å². The molecule has 1 rings (SSSR count). The second-order valence-corrected chi connectivity index (χ2v) is 6.88. The van der Waals surface area contributed by atoms with Crippen LogP contribution in [0.25, 0.3) is 0 Å². The molecule has 0 radical (unpaired) electrons. The second kappa shape index (κ2) is 6.40. The van der Waals surface area contributed by atoms with E-state index in [2.05, 4.69) is 26.1 Å². The van der Waals surface area contributed by atoms with Crippen LogP contribution in [0.2, 0.25) is 0 Å². The van der Waals surface area contributed by atoms with E-state index in [1.807, 2.05) is 0 Å². The van der Waals surface area contributed by atoms with Crippen LogP contribution in [0, 0.1) is 17.3 Å². The van der Waals surface area contributed by atoms with E-state index in [0.717, 1.165) is 25.7 Å². The molecule has 0 spiro atoms. The van der Waals surface area contributed by atoms with Crippen LogP contribution in [0.15, 0.2) is 0 Å². The Labute approximate surface area is 116 Å². The van der Waals surface area contributed by atoms with Gasteiger partial charge in [-0.2, -0.15) is 0 Å². The summed E-state index contributed by atoms with van der Waals surface area (Å²) in [4.78, 5) is 22.1. The highest BCUT2D eigenvalue weighted by Gasteiger charge is 2.33. The number of hydrogen-bond acceptors (Lipinski definition) is 2. The molecule has 110 valence electrons. The molecule has 0 aromatic heterocycles. The predicted octanol–water partition coefficient (Wildman–Crippen LogP) is 2.82. The normalized spacial score (nSPS) is 25.7. The zero-order valence-electron chi connectivity index (χ0n) is 12.5. The molecular weight excluding hydrogens is 242 g/mol. The Morgan fingerprint density at radius 2 is 1.74 bits per heavy atom. The summed E-state index contributed by atoms with van der Waals surface area (Å²) in [6.45, 7) is 8.25. The molecule has 1 saturated carbocycles. The van der Waals surface area contributed by atoms with E-state index in [1.165, 1.54) is 6.92 Å². The van der Waals surface area contributed by atoms with Crippen LogP contribution in [-0.4, -0.2) is 23.0 Å². The van der Waals surface area contributed by atoms with Crippen LogP contribution in [0.3, 0.4) is 0 Å². The van der Waals surface area contributed by atoms with Crippen molar-refractivity contribution >= 4 is 11.9 Å². The fourth-order valence-electron chi connectivity index (χ4n) is 3.17. The maximum atomic E-state index is 11.2. The predicted molar refractivity (Wildman–Crippen MR) is 74.8 cm³/mol. The molecule has 1 aliphatic rings. The van der Waals surface area contributed by atoms with Crippen molar-refractivity contribution in [2.75, 3.05) is 0 Å². The van der Waals surface area contributed by atoms with E-state index in [4.69, 9.17) is 5.11 Å². The summed E-state index contributed by atoms with van der Waals surface area (Å²) in [7, 11) is 0. The molecule has 4 heteroatoms. The van der Waals surface area contributed by atoms with Gasteiger partial charge in [0.05, 0.1) is 6.42 Å². The van der Waals surface area contributed by atoms with Gasteiger partial charge in [0.1, 0.15) is 0 Å². The largest absolute Gasteiger partial charge is 0.481 e. The molecule has 0 bridgehead atoms. The maximum absolute atomic E-state index is 11.2. The lowest BCUT2D eigenvalue weighted by molar-refractivity contribution is -0.138. The van der Waals surface area contributed by atoms with Gasteiger partial charge in [-0.3, -0.25) is 9.59 Å². The summed E-state index contributed by atoms with van der Waals surface area (Å²) in [6, 6.07) is -0.212. The highest BCUT2D eigenvalue weighted by Crippen LogP contribution is 2.41. The van der Waals surface area contributed by atoms with E-state index < -0.39 is 5.97 Å². The Kier molecular flexibility index (Phi) is 5.39. The van der Waals surface area contributed by atoms with Gasteiger partial charge in [-0.05, 0) is 42.9 Å². The number of carboxylic acid groups (broad SMARTS) is 1. The fourth-order valence-corrected chi connectivity index (χ4v) is 3.17. The Morgan fingerprint density at radius 3 is 2.11 bits per heavy atom. The molecule has 0 saturated heterocycles. The van der Waals surface area contributed by atoms with Gasteiger partial charge in [0.15, 0.2) is 0 Å². The van der Waals surface area contributed by atoms with Gasteiger partial charge < -0.3 is 10.4 Å². The molecule has 0 aromatic rings. The summed E-state index contributed by atoms with van der Waals surface area (Å²) in [5, 5.41) is 11.8. The number of carbonyl (C=O) groups is 2. The molecular formula is C15H27NO3. The molecule has 0 heterocycles. The first kappa shape index (κ1) is 16.0. The highest BCUT2D eigenvalue weighted by atomic mass is 16.4. The molecule has 1 atom stereocenters. The quantitative estimate of drug-likeness (QED) is 0.824. The van der Waals surface area contributed by atoms with Crippen molar-refractivity contribution < 1.29 is 14.7 Å². The number of hydrogen-bond donors (Lipinski definition) is 2. The zero-order chi connectivity index (χ0) is 14.6. The smallest absolute Gasteiger partial charge is 0.305 e. The van der Waals surface area contributed by atoms with E-state index in [0.29, 0.717) is 17.3 Å². The molecule has 1 amide bonds. The van der Waals surface area contributed by atoms with Crippen molar-refractivity contribution in [3.8, 4) is 0 Å². The second-order valence-electron chi connectivity index (χ2n) is 6.88. The maximum Gasteiger partial charge on any atom is 0.305 e. The number of rotatable bonds is 4. The monoisotopic (exact) mass is 269 g/mol. The summed E-state index contributed by atoms with van der Waals surface area (Å²) in [5.74, 6) is 0.0334. The minimum atomic E-state index is -0.836. The lowest BCUT2D eigenvalue weighted by atomic mass is 9.68. The van der Waals surface area contributed by atoms with Gasteiger partial charge in [-0.25, -0.2) is 0 Å². The summed E-state index contributed by atoms with van der Waals surface area (Å²) >= 11 is 0. The van der Waals surface area contributed by atoms with E-state index in [-0.39, 0.29) is 18.4 Å². The van der Waals surface area contributed by atoms with Crippen LogP contribution < -0.4 is 5.32 Å². The third-order valence-electron chi connectivity index (χ3n) is 4.35. The Balaban J connectivity index is 2.58. The third-order valence-corrected chi connectivity index (χ3v) is 4.35.